The molecule has 0 aliphatic heterocycles. The number of nitrogens with zero attached hydrogens (tertiary/aromatic N) is 1. The van der Waals surface area contributed by atoms with Crippen LogP contribution in [0.1, 0.15) is 32.6 Å². The van der Waals surface area contributed by atoms with Crippen LogP contribution in [0.4, 0.5) is 0 Å². The lowest BCUT2D eigenvalue weighted by atomic mass is 10.2. The normalized spacial score (nSPS) is 11.7. The lowest BCUT2D eigenvalue weighted by molar-refractivity contribution is 1.04. The average molecular weight is 175 g/mol. The molecule has 0 radical (unpaired) electrons. The highest BCUT2D eigenvalue weighted by Crippen LogP contribution is 1.94. The van der Waals surface area contributed by atoms with Gasteiger partial charge in [-0.2, -0.15) is 5.26 Å². The zero-order valence-electron chi connectivity index (χ0n) is 8.24. The van der Waals surface area contributed by atoms with Crippen molar-refractivity contribution in [3.05, 3.63) is 36.5 Å². The van der Waals surface area contributed by atoms with Gasteiger partial charge in [0.2, 0.25) is 0 Å². The fraction of sp³-hybridized carbons (Fsp3) is 0.417. The fourth-order valence-electron chi connectivity index (χ4n) is 0.836. The van der Waals surface area contributed by atoms with Crippen molar-refractivity contribution in [3.63, 3.8) is 0 Å². The highest BCUT2D eigenvalue weighted by molar-refractivity contribution is 5.02. The van der Waals surface area contributed by atoms with E-state index in [0.717, 1.165) is 19.3 Å². The molecular formula is C12H17N. The first kappa shape index (κ1) is 11.7. The smallest absolute Gasteiger partial charge is 0.0663 e. The quantitative estimate of drug-likeness (QED) is 0.342. The summed E-state index contributed by atoms with van der Waals surface area (Å²) in [4.78, 5) is 0. The van der Waals surface area contributed by atoms with E-state index in [2.05, 4.69) is 43.4 Å². The van der Waals surface area contributed by atoms with E-state index in [4.69, 9.17) is 5.26 Å². The molecule has 1 heteroatoms. The summed E-state index contributed by atoms with van der Waals surface area (Å²) in [6, 6.07) is 2.07. The Morgan fingerprint density at radius 3 is 2.38 bits per heavy atom. The molecule has 0 fully saturated rings. The van der Waals surface area contributed by atoms with Crippen LogP contribution in [0.25, 0.3) is 0 Å². The minimum Gasteiger partial charge on any atom is -0.198 e. The number of hydrogen-bond acceptors (Lipinski definition) is 1. The first-order valence-corrected chi connectivity index (χ1v) is 4.75. The van der Waals surface area contributed by atoms with Crippen LogP contribution in [-0.2, 0) is 0 Å². The third-order valence-corrected chi connectivity index (χ3v) is 1.49. The molecule has 0 spiro atoms. The summed E-state index contributed by atoms with van der Waals surface area (Å²) >= 11 is 0. The molecule has 0 aliphatic carbocycles. The molecule has 0 rings (SSSR count). The van der Waals surface area contributed by atoms with Gasteiger partial charge < -0.3 is 0 Å². The van der Waals surface area contributed by atoms with Crippen molar-refractivity contribution < 1.29 is 0 Å². The van der Waals surface area contributed by atoms with Gasteiger partial charge in [0, 0.05) is 0 Å². The van der Waals surface area contributed by atoms with Gasteiger partial charge in [-0.3, -0.25) is 0 Å². The Bertz CT molecular complexity index is 216. The number of hydrogen-bond donors (Lipinski definition) is 0. The molecule has 13 heavy (non-hydrogen) atoms. The summed E-state index contributed by atoms with van der Waals surface area (Å²) in [6.45, 7) is 2.12. The molecule has 0 unspecified atom stereocenters. The molecule has 0 bridgehead atoms. The van der Waals surface area contributed by atoms with E-state index >= 15 is 0 Å². The second-order valence-electron chi connectivity index (χ2n) is 2.68. The Balaban J connectivity index is 3.30. The van der Waals surface area contributed by atoms with Gasteiger partial charge in [-0.15, -0.1) is 0 Å². The van der Waals surface area contributed by atoms with Crippen LogP contribution in [-0.4, -0.2) is 0 Å². The zero-order chi connectivity index (χ0) is 9.78. The van der Waals surface area contributed by atoms with Crippen molar-refractivity contribution >= 4 is 0 Å². The largest absolute Gasteiger partial charge is 0.198 e. The van der Waals surface area contributed by atoms with Crippen molar-refractivity contribution in [1.29, 1.82) is 5.26 Å². The zero-order valence-corrected chi connectivity index (χ0v) is 8.24. The average Bonchev–Trinajstić information content (AvgIpc) is 2.16. The molecule has 0 saturated carbocycles. The Labute approximate surface area is 81.1 Å². The van der Waals surface area contributed by atoms with Gasteiger partial charge in [0.05, 0.1) is 12.5 Å². The third-order valence-electron chi connectivity index (χ3n) is 1.49. The first-order valence-electron chi connectivity index (χ1n) is 4.75. The lowest BCUT2D eigenvalue weighted by Gasteiger charge is -1.84. The van der Waals surface area contributed by atoms with Gasteiger partial charge in [0.15, 0.2) is 0 Å². The van der Waals surface area contributed by atoms with Gasteiger partial charge in [0.25, 0.3) is 0 Å². The predicted molar refractivity (Wildman–Crippen MR) is 57.2 cm³/mol. The molecule has 70 valence electrons. The van der Waals surface area contributed by atoms with Crippen LogP contribution in [0.15, 0.2) is 36.5 Å². The molecule has 0 heterocycles. The van der Waals surface area contributed by atoms with Crippen LogP contribution in [0.3, 0.4) is 0 Å². The molecule has 0 aromatic heterocycles. The summed E-state index contributed by atoms with van der Waals surface area (Å²) < 4.78 is 0. The molecule has 1 nitrogen and oxygen atoms in total. The Morgan fingerprint density at radius 1 is 1.00 bits per heavy atom. The fourth-order valence-corrected chi connectivity index (χ4v) is 0.836. The second kappa shape index (κ2) is 10.7. The van der Waals surface area contributed by atoms with Gasteiger partial charge in [-0.05, 0) is 19.3 Å². The maximum Gasteiger partial charge on any atom is 0.0663 e. The second-order valence-corrected chi connectivity index (χ2v) is 2.68. The predicted octanol–water partition coefficient (Wildman–Crippen LogP) is 3.76. The molecule has 0 aromatic rings. The van der Waals surface area contributed by atoms with Gasteiger partial charge in [0.1, 0.15) is 0 Å². The minimum absolute atomic E-state index is 0.527. The van der Waals surface area contributed by atoms with Crippen molar-refractivity contribution in [2.75, 3.05) is 0 Å². The lowest BCUT2D eigenvalue weighted by Crippen LogP contribution is -1.64. The van der Waals surface area contributed by atoms with Crippen LogP contribution in [0.2, 0.25) is 0 Å². The number of unbranched alkanes of at least 4 members (excludes halogenated alkanes) is 1. The summed E-state index contributed by atoms with van der Waals surface area (Å²) in [5.41, 5.74) is 0. The topological polar surface area (TPSA) is 23.8 Å². The summed E-state index contributed by atoms with van der Waals surface area (Å²) in [6.07, 6.45) is 16.1. The molecular weight excluding hydrogens is 158 g/mol. The monoisotopic (exact) mass is 175 g/mol. The van der Waals surface area contributed by atoms with Crippen LogP contribution in [0.5, 0.6) is 0 Å². The highest BCUT2D eigenvalue weighted by atomic mass is 14.2. The Hall–Kier alpha value is -1.29. The number of allylic oxidation sites excluding steroid dienone is 6. The van der Waals surface area contributed by atoms with E-state index in [0.29, 0.717) is 6.42 Å². The van der Waals surface area contributed by atoms with Crippen LogP contribution in [0, 0.1) is 11.3 Å². The maximum atomic E-state index is 8.24. The van der Waals surface area contributed by atoms with Crippen LogP contribution >= 0.6 is 0 Å². The third kappa shape index (κ3) is 10.7. The van der Waals surface area contributed by atoms with E-state index in [9.17, 15) is 0 Å². The van der Waals surface area contributed by atoms with E-state index < -0.39 is 0 Å². The van der Waals surface area contributed by atoms with Gasteiger partial charge in [-0.25, -0.2) is 0 Å². The highest BCUT2D eigenvalue weighted by Gasteiger charge is 1.75. The van der Waals surface area contributed by atoms with E-state index in [1.165, 1.54) is 0 Å². The number of rotatable bonds is 6. The molecule has 0 aromatic carbocycles. The molecule has 0 amide bonds. The van der Waals surface area contributed by atoms with Gasteiger partial charge >= 0.3 is 0 Å². The Morgan fingerprint density at radius 2 is 1.69 bits per heavy atom. The van der Waals surface area contributed by atoms with Crippen LogP contribution < -0.4 is 0 Å². The maximum absolute atomic E-state index is 8.24. The number of nitriles is 1. The van der Waals surface area contributed by atoms with Crippen molar-refractivity contribution in [1.82, 2.24) is 0 Å². The SMILES string of the molecule is CC/C=C/C=C/CC/C=C/CC#N. The Kier molecular flexibility index (Phi) is 9.65. The van der Waals surface area contributed by atoms with Gasteiger partial charge in [-0.1, -0.05) is 43.4 Å². The van der Waals surface area contributed by atoms with Crippen molar-refractivity contribution in [2.24, 2.45) is 0 Å². The van der Waals surface area contributed by atoms with Crippen molar-refractivity contribution in [3.8, 4) is 6.07 Å². The first-order chi connectivity index (χ1) is 6.41. The van der Waals surface area contributed by atoms with E-state index in [1.54, 1.807) is 0 Å². The summed E-state index contributed by atoms with van der Waals surface area (Å²) in [5.74, 6) is 0. The van der Waals surface area contributed by atoms with E-state index in [-0.39, 0.29) is 0 Å². The molecule has 0 aliphatic rings. The molecule has 0 atom stereocenters. The summed E-state index contributed by atoms with van der Waals surface area (Å²) in [5, 5.41) is 8.24. The standard InChI is InChI=1S/C12H17N/c1-2-3-4-5-6-7-8-9-10-11-12-13/h3-6,9-10H,2,7-8,11H2,1H3/b4-3+,6-5+,10-9+. The minimum atomic E-state index is 0.527. The molecule has 0 saturated heterocycles. The van der Waals surface area contributed by atoms with E-state index in [1.807, 2.05) is 6.08 Å². The summed E-state index contributed by atoms with van der Waals surface area (Å²) in [7, 11) is 0. The van der Waals surface area contributed by atoms with Crippen molar-refractivity contribution in [2.45, 2.75) is 32.6 Å². The molecule has 0 N–H and O–H groups in total.